The fraction of sp³-hybridized carbons (Fsp3) is 0.167. The fourth-order valence-corrected chi connectivity index (χ4v) is 4.21. The van der Waals surface area contributed by atoms with E-state index in [0.717, 1.165) is 12.1 Å². The third kappa shape index (κ3) is 5.78. The van der Waals surface area contributed by atoms with Crippen LogP contribution in [0, 0.1) is 11.6 Å². The number of pyridine rings is 1. The lowest BCUT2D eigenvalue weighted by molar-refractivity contribution is -0.137. The van der Waals surface area contributed by atoms with Gasteiger partial charge in [0.25, 0.3) is 0 Å². The minimum Gasteiger partial charge on any atom is -0.392 e. The highest BCUT2D eigenvalue weighted by Crippen LogP contribution is 2.39. The molecule has 4 aromatic rings. The van der Waals surface area contributed by atoms with E-state index in [2.05, 4.69) is 0 Å². The van der Waals surface area contributed by atoms with Crippen molar-refractivity contribution in [3.8, 4) is 22.4 Å². The van der Waals surface area contributed by atoms with Crippen molar-refractivity contribution in [3.63, 3.8) is 0 Å². The van der Waals surface area contributed by atoms with Crippen LogP contribution >= 0.6 is 0 Å². The summed E-state index contributed by atoms with van der Waals surface area (Å²) in [5.74, 6) is -0.975. The molecule has 0 aliphatic carbocycles. The summed E-state index contributed by atoms with van der Waals surface area (Å²) in [4.78, 5) is 4.83. The molecule has 2 nitrogen and oxygen atoms in total. The van der Waals surface area contributed by atoms with Gasteiger partial charge in [-0.1, -0.05) is 50.3 Å². The number of halogens is 5. The van der Waals surface area contributed by atoms with Crippen molar-refractivity contribution >= 4 is 12.2 Å². The van der Waals surface area contributed by atoms with Crippen LogP contribution in [-0.2, 0) is 12.8 Å². The molecule has 4 rings (SSSR count). The first kappa shape index (κ1) is 26.2. The van der Waals surface area contributed by atoms with Gasteiger partial charge in [-0.05, 0) is 71.1 Å². The molecule has 0 unspecified atom stereocenters. The molecule has 1 N–H and O–H groups in total. The van der Waals surface area contributed by atoms with Gasteiger partial charge in [0.15, 0.2) is 0 Å². The highest BCUT2D eigenvalue weighted by Gasteiger charge is 2.30. The Balaban J connectivity index is 2.00. The topological polar surface area (TPSA) is 33.1 Å². The number of alkyl halides is 3. The Morgan fingerprint density at radius 2 is 1.43 bits per heavy atom. The Morgan fingerprint density at radius 1 is 0.838 bits per heavy atom. The van der Waals surface area contributed by atoms with Gasteiger partial charge in [0.1, 0.15) is 11.6 Å². The molecule has 0 radical (unpaired) electrons. The molecule has 0 fully saturated rings. The van der Waals surface area contributed by atoms with Crippen LogP contribution in [0.3, 0.4) is 0 Å². The van der Waals surface area contributed by atoms with Crippen LogP contribution in [0.4, 0.5) is 22.0 Å². The van der Waals surface area contributed by atoms with Crippen LogP contribution in [0.25, 0.3) is 34.5 Å². The van der Waals surface area contributed by atoms with E-state index in [4.69, 9.17) is 4.98 Å². The fourth-order valence-electron chi connectivity index (χ4n) is 4.21. The number of aliphatic hydroxyl groups excluding tert-OH is 1. The maximum atomic E-state index is 13.8. The van der Waals surface area contributed by atoms with Crippen LogP contribution in [0.2, 0.25) is 0 Å². The van der Waals surface area contributed by atoms with Crippen molar-refractivity contribution in [2.24, 2.45) is 0 Å². The summed E-state index contributed by atoms with van der Waals surface area (Å²) < 4.78 is 67.1. The van der Waals surface area contributed by atoms with E-state index in [1.54, 1.807) is 42.5 Å². The highest BCUT2D eigenvalue weighted by atomic mass is 19.4. The van der Waals surface area contributed by atoms with Crippen molar-refractivity contribution in [1.29, 1.82) is 0 Å². The standard InChI is InChI=1S/C30H24F5NO/c1-18(2)28-25(15-6-19-4-3-5-22(16-19)30(33,34)35)27(20-7-11-23(31)12-8-20)26(17-37)29(36-28)21-9-13-24(32)14-10-21/h3-16,18,37H,17H2,1-2H3. The van der Waals surface area contributed by atoms with Gasteiger partial charge in [-0.2, -0.15) is 13.2 Å². The third-order valence-electron chi connectivity index (χ3n) is 5.98. The lowest BCUT2D eigenvalue weighted by Crippen LogP contribution is -2.07. The number of benzene rings is 3. The molecular weight excluding hydrogens is 485 g/mol. The lowest BCUT2D eigenvalue weighted by Gasteiger charge is -2.21. The number of nitrogens with zero attached hydrogens (tertiary/aromatic N) is 1. The quantitative estimate of drug-likeness (QED) is 0.264. The van der Waals surface area contributed by atoms with Gasteiger partial charge in [-0.3, -0.25) is 4.98 Å². The molecule has 0 saturated heterocycles. The molecule has 0 amide bonds. The number of aromatic nitrogens is 1. The molecule has 7 heteroatoms. The average molecular weight is 510 g/mol. The molecule has 1 aromatic heterocycles. The molecule has 0 spiro atoms. The monoisotopic (exact) mass is 509 g/mol. The second-order valence-corrected chi connectivity index (χ2v) is 8.90. The largest absolute Gasteiger partial charge is 0.416 e. The SMILES string of the molecule is CC(C)c1nc(-c2ccc(F)cc2)c(CO)c(-c2ccc(F)cc2)c1C=Cc1cccc(C(F)(F)F)c1. The molecular formula is C30H24F5NO. The van der Waals surface area contributed by atoms with Crippen LogP contribution in [0.5, 0.6) is 0 Å². The Morgan fingerprint density at radius 3 is 1.97 bits per heavy atom. The number of hydrogen-bond acceptors (Lipinski definition) is 2. The third-order valence-corrected chi connectivity index (χ3v) is 5.98. The average Bonchev–Trinajstić information content (AvgIpc) is 2.87. The zero-order valence-electron chi connectivity index (χ0n) is 20.2. The summed E-state index contributed by atoms with van der Waals surface area (Å²) in [6.07, 6.45) is -1.25. The predicted molar refractivity (Wildman–Crippen MR) is 135 cm³/mol. The number of hydrogen-bond donors (Lipinski definition) is 1. The lowest BCUT2D eigenvalue weighted by atomic mass is 9.87. The Labute approximate surface area is 211 Å². The maximum Gasteiger partial charge on any atom is 0.416 e. The summed E-state index contributed by atoms with van der Waals surface area (Å²) in [7, 11) is 0. The van der Waals surface area contributed by atoms with Crippen molar-refractivity contribution in [2.45, 2.75) is 32.5 Å². The van der Waals surface area contributed by atoms with E-state index in [-0.39, 0.29) is 5.92 Å². The summed E-state index contributed by atoms with van der Waals surface area (Å²) in [5.41, 5.74) is 3.43. The molecule has 0 aliphatic heterocycles. The predicted octanol–water partition coefficient (Wildman–Crippen LogP) is 8.50. The van der Waals surface area contributed by atoms with Crippen molar-refractivity contribution < 1.29 is 27.1 Å². The number of rotatable bonds is 6. The molecule has 3 aromatic carbocycles. The van der Waals surface area contributed by atoms with E-state index < -0.39 is 30.0 Å². The molecule has 190 valence electrons. The van der Waals surface area contributed by atoms with Crippen LogP contribution in [0.1, 0.15) is 47.7 Å². The normalized spacial score (nSPS) is 12.0. The van der Waals surface area contributed by atoms with E-state index in [0.29, 0.717) is 44.8 Å². The van der Waals surface area contributed by atoms with Crippen LogP contribution in [-0.4, -0.2) is 10.1 Å². The van der Waals surface area contributed by atoms with Crippen molar-refractivity contribution in [3.05, 3.63) is 112 Å². The Hall–Kier alpha value is -3.84. The second-order valence-electron chi connectivity index (χ2n) is 8.90. The Kier molecular flexibility index (Phi) is 7.55. The minimum absolute atomic E-state index is 0.118. The van der Waals surface area contributed by atoms with E-state index in [9.17, 15) is 27.1 Å². The first-order valence-electron chi connectivity index (χ1n) is 11.6. The molecule has 37 heavy (non-hydrogen) atoms. The van der Waals surface area contributed by atoms with E-state index >= 15 is 0 Å². The van der Waals surface area contributed by atoms with Gasteiger partial charge in [0, 0.05) is 16.7 Å². The first-order chi connectivity index (χ1) is 17.6. The maximum absolute atomic E-state index is 13.8. The molecule has 1 heterocycles. The van der Waals surface area contributed by atoms with Crippen molar-refractivity contribution in [1.82, 2.24) is 4.98 Å². The van der Waals surface area contributed by atoms with Gasteiger partial charge < -0.3 is 5.11 Å². The molecule has 0 aliphatic rings. The van der Waals surface area contributed by atoms with Crippen molar-refractivity contribution in [2.75, 3.05) is 0 Å². The zero-order valence-corrected chi connectivity index (χ0v) is 20.2. The zero-order chi connectivity index (χ0) is 26.7. The molecule has 0 bridgehead atoms. The Bertz CT molecular complexity index is 1420. The van der Waals surface area contributed by atoms with Gasteiger partial charge in [0.2, 0.25) is 0 Å². The summed E-state index contributed by atoms with van der Waals surface area (Å²) >= 11 is 0. The first-order valence-corrected chi connectivity index (χ1v) is 11.6. The smallest absolute Gasteiger partial charge is 0.392 e. The van der Waals surface area contributed by atoms with Crippen LogP contribution in [0.15, 0.2) is 72.8 Å². The summed E-state index contributed by atoms with van der Waals surface area (Å²) in [5, 5.41) is 10.5. The van der Waals surface area contributed by atoms with Crippen LogP contribution < -0.4 is 0 Å². The van der Waals surface area contributed by atoms with E-state index in [1.807, 2.05) is 13.8 Å². The minimum atomic E-state index is -4.48. The number of aliphatic hydroxyl groups is 1. The van der Waals surface area contributed by atoms with Gasteiger partial charge in [-0.25, -0.2) is 8.78 Å². The van der Waals surface area contributed by atoms with Gasteiger partial charge in [0.05, 0.1) is 23.6 Å². The van der Waals surface area contributed by atoms with Gasteiger partial charge >= 0.3 is 6.18 Å². The second kappa shape index (κ2) is 10.6. The summed E-state index contributed by atoms with van der Waals surface area (Å²) in [6.45, 7) is 3.42. The van der Waals surface area contributed by atoms with Gasteiger partial charge in [-0.15, -0.1) is 0 Å². The van der Waals surface area contributed by atoms with E-state index in [1.165, 1.54) is 30.3 Å². The highest BCUT2D eigenvalue weighted by molar-refractivity contribution is 5.87. The summed E-state index contributed by atoms with van der Waals surface area (Å²) in [6, 6.07) is 16.4. The molecule has 0 atom stereocenters. The molecule has 0 saturated carbocycles.